The van der Waals surface area contributed by atoms with Gasteiger partial charge in [0.15, 0.2) is 0 Å². The van der Waals surface area contributed by atoms with Crippen molar-refractivity contribution in [1.29, 1.82) is 0 Å². The molecule has 0 spiro atoms. The zero-order valence-electron chi connectivity index (χ0n) is 13.4. The highest BCUT2D eigenvalue weighted by Crippen LogP contribution is 2.34. The number of aryl methyl sites for hydroxylation is 2. The molecule has 5 nitrogen and oxygen atoms in total. The van der Waals surface area contributed by atoms with E-state index < -0.39 is 0 Å². The van der Waals surface area contributed by atoms with Gasteiger partial charge in [0.1, 0.15) is 5.76 Å². The van der Waals surface area contributed by atoms with Crippen LogP contribution in [0.25, 0.3) is 0 Å². The number of aromatic nitrogens is 3. The molecule has 22 heavy (non-hydrogen) atoms. The van der Waals surface area contributed by atoms with Gasteiger partial charge in [-0.25, -0.2) is 0 Å². The summed E-state index contributed by atoms with van der Waals surface area (Å²) >= 11 is 0. The highest BCUT2D eigenvalue weighted by Gasteiger charge is 2.27. The lowest BCUT2D eigenvalue weighted by Crippen LogP contribution is -2.24. The van der Waals surface area contributed by atoms with Gasteiger partial charge in [0.05, 0.1) is 11.4 Å². The molecule has 4 rings (SSSR count). The summed E-state index contributed by atoms with van der Waals surface area (Å²) in [7, 11) is 2.02. The Labute approximate surface area is 131 Å². The van der Waals surface area contributed by atoms with Crippen molar-refractivity contribution in [3.8, 4) is 0 Å². The van der Waals surface area contributed by atoms with Crippen LogP contribution in [0.15, 0.2) is 10.7 Å². The predicted octanol–water partition coefficient (Wildman–Crippen LogP) is 2.35. The predicted molar refractivity (Wildman–Crippen MR) is 83.7 cm³/mol. The second kappa shape index (κ2) is 5.54. The largest absolute Gasteiger partial charge is 0.361 e. The zero-order chi connectivity index (χ0) is 15.1. The molecule has 1 aliphatic heterocycles. The van der Waals surface area contributed by atoms with Crippen molar-refractivity contribution >= 4 is 0 Å². The van der Waals surface area contributed by atoms with Crippen molar-refractivity contribution in [3.05, 3.63) is 34.5 Å². The molecule has 0 bridgehead atoms. The fourth-order valence-corrected chi connectivity index (χ4v) is 4.08. The second-order valence-electron chi connectivity index (χ2n) is 6.92. The Bertz CT molecular complexity index is 672. The molecule has 2 aromatic rings. The lowest BCUT2D eigenvalue weighted by Gasteiger charge is -2.24. The SMILES string of the molecule is CC(CC1CCc2nn(C)cc2C1)c1onc2c1CNCC2. The van der Waals surface area contributed by atoms with Crippen LogP contribution in [-0.4, -0.2) is 21.5 Å². The third-order valence-electron chi connectivity index (χ3n) is 5.16. The molecule has 1 N–H and O–H groups in total. The lowest BCUT2D eigenvalue weighted by atomic mass is 9.81. The monoisotopic (exact) mass is 300 g/mol. The summed E-state index contributed by atoms with van der Waals surface area (Å²) in [4.78, 5) is 0. The number of hydrogen-bond acceptors (Lipinski definition) is 4. The molecule has 2 aliphatic rings. The van der Waals surface area contributed by atoms with Gasteiger partial charge in [-0.2, -0.15) is 5.10 Å². The van der Waals surface area contributed by atoms with Crippen molar-refractivity contribution in [2.24, 2.45) is 13.0 Å². The summed E-state index contributed by atoms with van der Waals surface area (Å²) in [5.41, 5.74) is 5.22. The molecule has 0 amide bonds. The average Bonchev–Trinajstić information content (AvgIpc) is 3.09. The van der Waals surface area contributed by atoms with Gasteiger partial charge in [0.25, 0.3) is 0 Å². The highest BCUT2D eigenvalue weighted by atomic mass is 16.5. The Balaban J connectivity index is 1.46. The first-order valence-electron chi connectivity index (χ1n) is 8.40. The quantitative estimate of drug-likeness (QED) is 0.945. The Hall–Kier alpha value is -1.62. The Morgan fingerprint density at radius 1 is 1.41 bits per heavy atom. The highest BCUT2D eigenvalue weighted by molar-refractivity contribution is 5.28. The molecule has 5 heteroatoms. The Kier molecular flexibility index (Phi) is 3.53. The third kappa shape index (κ3) is 2.47. The van der Waals surface area contributed by atoms with E-state index in [0.29, 0.717) is 5.92 Å². The second-order valence-corrected chi connectivity index (χ2v) is 6.92. The Morgan fingerprint density at radius 2 is 2.32 bits per heavy atom. The molecular weight excluding hydrogens is 276 g/mol. The van der Waals surface area contributed by atoms with Crippen LogP contribution in [-0.2, 0) is 32.9 Å². The fourth-order valence-electron chi connectivity index (χ4n) is 4.08. The molecule has 2 aromatic heterocycles. The minimum absolute atomic E-state index is 0.444. The van der Waals surface area contributed by atoms with E-state index in [1.807, 2.05) is 11.7 Å². The number of nitrogens with zero attached hydrogens (tertiary/aromatic N) is 3. The summed E-state index contributed by atoms with van der Waals surface area (Å²) in [6, 6.07) is 0. The van der Waals surface area contributed by atoms with Gasteiger partial charge < -0.3 is 9.84 Å². The van der Waals surface area contributed by atoms with Crippen molar-refractivity contribution in [2.45, 2.75) is 51.5 Å². The van der Waals surface area contributed by atoms with Gasteiger partial charge in [0, 0.05) is 44.2 Å². The van der Waals surface area contributed by atoms with E-state index in [9.17, 15) is 0 Å². The van der Waals surface area contributed by atoms with Crippen LogP contribution in [0.2, 0.25) is 0 Å². The van der Waals surface area contributed by atoms with E-state index >= 15 is 0 Å². The van der Waals surface area contributed by atoms with Crippen LogP contribution in [0.4, 0.5) is 0 Å². The van der Waals surface area contributed by atoms with Gasteiger partial charge in [-0.3, -0.25) is 4.68 Å². The molecule has 0 saturated heterocycles. The number of hydrogen-bond donors (Lipinski definition) is 1. The van der Waals surface area contributed by atoms with E-state index in [-0.39, 0.29) is 0 Å². The van der Waals surface area contributed by atoms with Crippen LogP contribution in [0.3, 0.4) is 0 Å². The smallest absolute Gasteiger partial charge is 0.144 e. The van der Waals surface area contributed by atoms with E-state index in [4.69, 9.17) is 4.52 Å². The third-order valence-corrected chi connectivity index (χ3v) is 5.16. The van der Waals surface area contributed by atoms with Gasteiger partial charge >= 0.3 is 0 Å². The van der Waals surface area contributed by atoms with E-state index in [1.165, 1.54) is 35.4 Å². The maximum absolute atomic E-state index is 5.69. The zero-order valence-corrected chi connectivity index (χ0v) is 13.4. The molecular formula is C17H24N4O. The number of nitrogens with one attached hydrogen (secondary N) is 1. The summed E-state index contributed by atoms with van der Waals surface area (Å²) in [5, 5.41) is 12.3. The van der Waals surface area contributed by atoms with Crippen molar-refractivity contribution in [3.63, 3.8) is 0 Å². The van der Waals surface area contributed by atoms with Gasteiger partial charge in [-0.15, -0.1) is 0 Å². The van der Waals surface area contributed by atoms with Crippen molar-refractivity contribution in [1.82, 2.24) is 20.3 Å². The standard InChI is InChI=1S/C17H24N4O/c1-11(17-14-9-18-6-5-16(14)20-22-17)7-12-3-4-15-13(8-12)10-21(2)19-15/h10-12,18H,3-9H2,1-2H3. The number of fused-ring (bicyclic) bond motifs is 2. The summed E-state index contributed by atoms with van der Waals surface area (Å²) < 4.78 is 7.64. The number of rotatable bonds is 3. The molecule has 0 saturated carbocycles. The molecule has 2 unspecified atom stereocenters. The van der Waals surface area contributed by atoms with Gasteiger partial charge in [0.2, 0.25) is 0 Å². The topological polar surface area (TPSA) is 55.9 Å². The van der Waals surface area contributed by atoms with Crippen LogP contribution >= 0.6 is 0 Å². The molecule has 0 radical (unpaired) electrons. The van der Waals surface area contributed by atoms with Crippen LogP contribution in [0, 0.1) is 5.92 Å². The molecule has 118 valence electrons. The molecule has 0 fully saturated rings. The van der Waals surface area contributed by atoms with Crippen LogP contribution < -0.4 is 5.32 Å². The van der Waals surface area contributed by atoms with Crippen LogP contribution in [0.1, 0.15) is 54.0 Å². The fraction of sp³-hybridized carbons (Fsp3) is 0.647. The normalized spacial score (nSPS) is 22.2. The minimum atomic E-state index is 0.444. The Morgan fingerprint density at radius 3 is 3.23 bits per heavy atom. The van der Waals surface area contributed by atoms with Crippen molar-refractivity contribution < 1.29 is 4.52 Å². The molecule has 2 atom stereocenters. The lowest BCUT2D eigenvalue weighted by molar-refractivity contribution is 0.322. The first-order chi connectivity index (χ1) is 10.7. The average molecular weight is 300 g/mol. The van der Waals surface area contributed by atoms with Crippen molar-refractivity contribution in [2.75, 3.05) is 6.54 Å². The molecule has 3 heterocycles. The summed E-state index contributed by atoms with van der Waals surface area (Å²) in [6.07, 6.45) is 7.87. The summed E-state index contributed by atoms with van der Waals surface area (Å²) in [5.74, 6) is 2.28. The maximum Gasteiger partial charge on any atom is 0.144 e. The van der Waals surface area contributed by atoms with E-state index in [2.05, 4.69) is 28.7 Å². The van der Waals surface area contributed by atoms with Gasteiger partial charge in [-0.05, 0) is 37.2 Å². The first kappa shape index (κ1) is 14.0. The van der Waals surface area contributed by atoms with Gasteiger partial charge in [-0.1, -0.05) is 12.1 Å². The van der Waals surface area contributed by atoms with E-state index in [1.54, 1.807) is 0 Å². The maximum atomic E-state index is 5.69. The minimum Gasteiger partial charge on any atom is -0.361 e. The summed E-state index contributed by atoms with van der Waals surface area (Å²) in [6.45, 7) is 4.21. The molecule has 1 aliphatic carbocycles. The first-order valence-corrected chi connectivity index (χ1v) is 8.40. The molecule has 0 aromatic carbocycles. The van der Waals surface area contributed by atoms with E-state index in [0.717, 1.165) is 44.0 Å². The van der Waals surface area contributed by atoms with Crippen LogP contribution in [0.5, 0.6) is 0 Å².